The fourth-order valence-corrected chi connectivity index (χ4v) is 2.08. The lowest BCUT2D eigenvalue weighted by atomic mass is 10.2. The third-order valence-corrected chi connectivity index (χ3v) is 3.20. The molecule has 0 aliphatic heterocycles. The highest BCUT2D eigenvalue weighted by Gasteiger charge is 2.12. The number of hydrogen-bond acceptors (Lipinski definition) is 6. The molecule has 3 aromatic rings. The molecule has 100 valence electrons. The van der Waals surface area contributed by atoms with Gasteiger partial charge < -0.3 is 11.5 Å². The standard InChI is InChI=1S/C12H8Cl2N6/c13-5-3-18-12(14)20-10(5)8-4-17-11-7(19-8)2-1-6(15)9(11)16/h1-4H,15-16H2. The molecule has 8 heteroatoms. The van der Waals surface area contributed by atoms with E-state index in [0.29, 0.717) is 38.8 Å². The first kappa shape index (κ1) is 12.8. The number of rotatable bonds is 1. The predicted molar refractivity (Wildman–Crippen MR) is 79.4 cm³/mol. The Hall–Kier alpha value is -2.18. The van der Waals surface area contributed by atoms with E-state index in [9.17, 15) is 0 Å². The minimum Gasteiger partial charge on any atom is -0.397 e. The summed E-state index contributed by atoms with van der Waals surface area (Å²) in [4.78, 5) is 16.5. The smallest absolute Gasteiger partial charge is 0.223 e. The zero-order valence-corrected chi connectivity index (χ0v) is 11.5. The van der Waals surface area contributed by atoms with Crippen LogP contribution in [0.1, 0.15) is 0 Å². The minimum atomic E-state index is 0.0862. The van der Waals surface area contributed by atoms with Gasteiger partial charge in [-0.05, 0) is 23.7 Å². The topological polar surface area (TPSA) is 104 Å². The van der Waals surface area contributed by atoms with Crippen LogP contribution in [0.3, 0.4) is 0 Å². The molecular weight excluding hydrogens is 299 g/mol. The lowest BCUT2D eigenvalue weighted by Gasteiger charge is -2.06. The van der Waals surface area contributed by atoms with Gasteiger partial charge in [0.25, 0.3) is 0 Å². The van der Waals surface area contributed by atoms with Crippen LogP contribution in [0.4, 0.5) is 11.4 Å². The molecule has 4 N–H and O–H groups in total. The van der Waals surface area contributed by atoms with Gasteiger partial charge in [-0.25, -0.2) is 15.0 Å². The maximum absolute atomic E-state index is 6.04. The molecule has 20 heavy (non-hydrogen) atoms. The van der Waals surface area contributed by atoms with Gasteiger partial charge in [0.05, 0.1) is 34.3 Å². The van der Waals surface area contributed by atoms with Crippen molar-refractivity contribution in [2.45, 2.75) is 0 Å². The number of fused-ring (bicyclic) bond motifs is 1. The average molecular weight is 307 g/mol. The maximum Gasteiger partial charge on any atom is 0.223 e. The van der Waals surface area contributed by atoms with Gasteiger partial charge in [-0.2, -0.15) is 0 Å². The summed E-state index contributed by atoms with van der Waals surface area (Å²) in [5.41, 5.74) is 14.5. The summed E-state index contributed by atoms with van der Waals surface area (Å²) in [6.45, 7) is 0. The van der Waals surface area contributed by atoms with Gasteiger partial charge in [-0.15, -0.1) is 0 Å². The number of nitrogens with two attached hydrogens (primary N) is 2. The predicted octanol–water partition coefficient (Wildman–Crippen LogP) is 2.56. The molecule has 3 rings (SSSR count). The molecule has 0 saturated carbocycles. The normalized spacial score (nSPS) is 10.9. The highest BCUT2D eigenvalue weighted by atomic mass is 35.5. The van der Waals surface area contributed by atoms with E-state index in [-0.39, 0.29) is 5.28 Å². The summed E-state index contributed by atoms with van der Waals surface area (Å²) < 4.78 is 0. The fraction of sp³-hybridized carbons (Fsp3) is 0. The Morgan fingerprint density at radius 2 is 1.75 bits per heavy atom. The van der Waals surface area contributed by atoms with E-state index in [1.165, 1.54) is 12.4 Å². The van der Waals surface area contributed by atoms with Crippen LogP contribution in [0, 0.1) is 0 Å². The highest BCUT2D eigenvalue weighted by molar-refractivity contribution is 6.33. The summed E-state index contributed by atoms with van der Waals surface area (Å²) in [6.07, 6.45) is 2.93. The Morgan fingerprint density at radius 1 is 0.950 bits per heavy atom. The van der Waals surface area contributed by atoms with Crippen molar-refractivity contribution in [1.82, 2.24) is 19.9 Å². The molecule has 0 amide bonds. The number of hydrogen-bond donors (Lipinski definition) is 2. The molecule has 0 saturated heterocycles. The molecular formula is C12H8Cl2N6. The van der Waals surface area contributed by atoms with Crippen LogP contribution in [0.25, 0.3) is 22.4 Å². The molecule has 2 heterocycles. The Bertz CT molecular complexity index is 820. The van der Waals surface area contributed by atoms with Crippen molar-refractivity contribution in [3.63, 3.8) is 0 Å². The van der Waals surface area contributed by atoms with Gasteiger partial charge in [0, 0.05) is 0 Å². The quantitative estimate of drug-likeness (QED) is 0.529. The molecule has 0 fully saturated rings. The van der Waals surface area contributed by atoms with Crippen LogP contribution in [0.2, 0.25) is 10.3 Å². The van der Waals surface area contributed by atoms with E-state index in [0.717, 1.165) is 0 Å². The van der Waals surface area contributed by atoms with Crippen molar-refractivity contribution >= 4 is 45.6 Å². The fourth-order valence-electron chi connectivity index (χ4n) is 1.76. The van der Waals surface area contributed by atoms with Gasteiger partial charge in [0.2, 0.25) is 5.28 Å². The zero-order valence-electron chi connectivity index (χ0n) is 10.0. The molecule has 0 aliphatic carbocycles. The monoisotopic (exact) mass is 306 g/mol. The van der Waals surface area contributed by atoms with E-state index in [1.54, 1.807) is 12.1 Å². The first-order chi connectivity index (χ1) is 9.56. The van der Waals surface area contributed by atoms with Gasteiger partial charge in [-0.1, -0.05) is 11.6 Å². The summed E-state index contributed by atoms with van der Waals surface area (Å²) in [7, 11) is 0. The number of nitrogens with zero attached hydrogens (tertiary/aromatic N) is 4. The van der Waals surface area contributed by atoms with Gasteiger partial charge in [-0.3, -0.25) is 4.98 Å². The number of aromatic nitrogens is 4. The molecule has 6 nitrogen and oxygen atoms in total. The van der Waals surface area contributed by atoms with Crippen LogP contribution < -0.4 is 11.5 Å². The van der Waals surface area contributed by atoms with Crippen LogP contribution in [0.5, 0.6) is 0 Å². The molecule has 0 radical (unpaired) electrons. The van der Waals surface area contributed by atoms with Gasteiger partial charge >= 0.3 is 0 Å². The Kier molecular flexibility index (Phi) is 3.04. The Labute approximate surface area is 123 Å². The number of benzene rings is 1. The van der Waals surface area contributed by atoms with Crippen LogP contribution in [-0.4, -0.2) is 19.9 Å². The number of nitrogen functional groups attached to an aromatic ring is 2. The second-order valence-corrected chi connectivity index (χ2v) is 4.77. The maximum atomic E-state index is 6.04. The summed E-state index contributed by atoms with van der Waals surface area (Å²) in [5, 5.41) is 0.426. The second-order valence-electron chi connectivity index (χ2n) is 4.03. The molecule has 0 aliphatic rings. The Balaban J connectivity index is 2.23. The van der Waals surface area contributed by atoms with E-state index in [2.05, 4.69) is 19.9 Å². The van der Waals surface area contributed by atoms with Crippen molar-refractivity contribution in [1.29, 1.82) is 0 Å². The summed E-state index contributed by atoms with van der Waals surface area (Å²) in [5.74, 6) is 0. The van der Waals surface area contributed by atoms with Crippen molar-refractivity contribution in [3.05, 3.63) is 34.8 Å². The van der Waals surface area contributed by atoms with Crippen LogP contribution >= 0.6 is 23.2 Å². The Morgan fingerprint density at radius 3 is 2.55 bits per heavy atom. The molecule has 0 spiro atoms. The average Bonchev–Trinajstić information content (AvgIpc) is 2.45. The van der Waals surface area contributed by atoms with Gasteiger partial charge in [0.15, 0.2) is 0 Å². The number of anilines is 2. The van der Waals surface area contributed by atoms with Crippen LogP contribution in [0.15, 0.2) is 24.5 Å². The first-order valence-electron chi connectivity index (χ1n) is 5.55. The number of halogens is 2. The third kappa shape index (κ3) is 2.09. The van der Waals surface area contributed by atoms with E-state index >= 15 is 0 Å². The second kappa shape index (κ2) is 4.73. The van der Waals surface area contributed by atoms with E-state index in [4.69, 9.17) is 34.7 Å². The van der Waals surface area contributed by atoms with E-state index in [1.807, 2.05) is 0 Å². The van der Waals surface area contributed by atoms with E-state index < -0.39 is 0 Å². The van der Waals surface area contributed by atoms with Crippen molar-refractivity contribution in [3.8, 4) is 11.4 Å². The summed E-state index contributed by atoms with van der Waals surface area (Å²) >= 11 is 11.8. The summed E-state index contributed by atoms with van der Waals surface area (Å²) in [6, 6.07) is 3.40. The SMILES string of the molecule is Nc1ccc2nc(-c3nc(Cl)ncc3Cl)cnc2c1N. The molecule has 1 aromatic carbocycles. The van der Waals surface area contributed by atoms with Crippen molar-refractivity contribution < 1.29 is 0 Å². The molecule has 0 bridgehead atoms. The molecule has 2 aromatic heterocycles. The van der Waals surface area contributed by atoms with Crippen molar-refractivity contribution in [2.24, 2.45) is 0 Å². The lowest BCUT2D eigenvalue weighted by Crippen LogP contribution is -1.99. The third-order valence-electron chi connectivity index (χ3n) is 2.74. The van der Waals surface area contributed by atoms with Crippen molar-refractivity contribution in [2.75, 3.05) is 11.5 Å². The lowest BCUT2D eigenvalue weighted by molar-refractivity contribution is 1.15. The highest BCUT2D eigenvalue weighted by Crippen LogP contribution is 2.28. The molecule has 0 atom stereocenters. The van der Waals surface area contributed by atoms with Gasteiger partial charge in [0.1, 0.15) is 16.9 Å². The first-order valence-corrected chi connectivity index (χ1v) is 6.31. The molecule has 0 unspecified atom stereocenters. The van der Waals surface area contributed by atoms with Crippen LogP contribution in [-0.2, 0) is 0 Å². The minimum absolute atomic E-state index is 0.0862. The zero-order chi connectivity index (χ0) is 14.3. The largest absolute Gasteiger partial charge is 0.397 e.